The third kappa shape index (κ3) is 6.38. The minimum atomic E-state index is -0.324. The normalized spacial score (nSPS) is 14.2. The fourth-order valence-corrected chi connectivity index (χ4v) is 11.4. The van der Waals surface area contributed by atoms with Crippen molar-refractivity contribution in [1.29, 1.82) is 0 Å². The van der Waals surface area contributed by atoms with Gasteiger partial charge in [0.2, 0.25) is 0 Å². The molecule has 4 heterocycles. The lowest BCUT2D eigenvalue weighted by Gasteiger charge is -2.46. The van der Waals surface area contributed by atoms with Crippen molar-refractivity contribution < 1.29 is 4.57 Å². The minimum Gasteiger partial charge on any atom is -0.483 e. The van der Waals surface area contributed by atoms with Gasteiger partial charge in [-0.3, -0.25) is 0 Å². The maximum atomic E-state index is 7.84. The van der Waals surface area contributed by atoms with Crippen molar-refractivity contribution in [2.45, 2.75) is 39.5 Å². The van der Waals surface area contributed by atoms with Crippen molar-refractivity contribution in [3.05, 3.63) is 194 Å². The molecule has 4 aliphatic rings. The van der Waals surface area contributed by atoms with E-state index in [9.17, 15) is 0 Å². The predicted molar refractivity (Wildman–Crippen MR) is 281 cm³/mol. The van der Waals surface area contributed by atoms with E-state index in [1.165, 1.54) is 89.2 Å². The highest BCUT2D eigenvalue weighted by Crippen LogP contribution is 2.38. The second-order valence-corrected chi connectivity index (χ2v) is 17.9. The van der Waals surface area contributed by atoms with Gasteiger partial charge in [-0.2, -0.15) is 0 Å². The van der Waals surface area contributed by atoms with E-state index in [2.05, 4.69) is 227 Å². The lowest BCUT2D eigenvalue weighted by atomic mass is 9.40. The van der Waals surface area contributed by atoms with Gasteiger partial charge in [0, 0.05) is 58.6 Å². The number of nitrogens with zero attached hydrogens (tertiary/aromatic N) is 4. The molecule has 12 rings (SSSR count). The van der Waals surface area contributed by atoms with Gasteiger partial charge in [-0.1, -0.05) is 172 Å². The van der Waals surface area contributed by atoms with Gasteiger partial charge in [-0.25, -0.2) is 0 Å². The molecule has 9 heteroatoms. The van der Waals surface area contributed by atoms with Crippen LogP contribution in [0.3, 0.4) is 0 Å². The Hall–Kier alpha value is -6.82. The van der Waals surface area contributed by atoms with Crippen LogP contribution >= 0.6 is 0 Å². The average molecular weight is 838 g/mol. The van der Waals surface area contributed by atoms with Crippen LogP contribution in [0.15, 0.2) is 194 Å². The zero-order valence-corrected chi connectivity index (χ0v) is 37.2. The minimum absolute atomic E-state index is 0.0348. The summed E-state index contributed by atoms with van der Waals surface area (Å²) >= 11 is 0. The highest BCUT2D eigenvalue weighted by Gasteiger charge is 2.48. The first-order valence-corrected chi connectivity index (χ1v) is 23.8. The standard InChI is InChI=1S/C56H50B4N4O/c1-3-5-39-61-49-31-15-7-23-41(49)57(42-24-8-16-32-50(42)61)63-53-35-19-11-27-45(53)59(46-28-12-20-36-54(46)63)65-60-47-29-13-21-37-55(47)64(56-38-22-14-30-48(56)60)58-43-25-9-17-33-51(43)62(40-6-4-2)52-34-18-10-26-44(52)58/h7-38H,3-6,39-40H2,1-2H3. The lowest BCUT2D eigenvalue weighted by Crippen LogP contribution is -2.68. The first-order valence-electron chi connectivity index (χ1n) is 23.8. The Morgan fingerprint density at radius 3 is 0.800 bits per heavy atom. The monoisotopic (exact) mass is 838 g/mol. The van der Waals surface area contributed by atoms with Gasteiger partial charge in [0.15, 0.2) is 0 Å². The molecule has 0 spiro atoms. The van der Waals surface area contributed by atoms with Crippen LogP contribution in [0.4, 0.5) is 45.5 Å². The highest BCUT2D eigenvalue weighted by atomic mass is 16.4. The quantitative estimate of drug-likeness (QED) is 0.132. The molecule has 0 atom stereocenters. The summed E-state index contributed by atoms with van der Waals surface area (Å²) in [5.74, 6) is 0. The Morgan fingerprint density at radius 2 is 0.538 bits per heavy atom. The fraction of sp³-hybridized carbons (Fsp3) is 0.143. The smallest absolute Gasteiger partial charge is 0.351 e. The van der Waals surface area contributed by atoms with E-state index < -0.39 is 0 Å². The Morgan fingerprint density at radius 1 is 0.308 bits per heavy atom. The van der Waals surface area contributed by atoms with E-state index >= 15 is 0 Å². The molecule has 312 valence electrons. The Labute approximate surface area is 385 Å². The van der Waals surface area contributed by atoms with Gasteiger partial charge >= 0.3 is 27.5 Å². The van der Waals surface area contributed by atoms with Crippen molar-refractivity contribution in [2.75, 3.05) is 32.5 Å². The van der Waals surface area contributed by atoms with E-state index in [-0.39, 0.29) is 27.5 Å². The molecule has 8 aromatic rings. The first kappa shape index (κ1) is 39.7. The van der Waals surface area contributed by atoms with Crippen LogP contribution in [0.2, 0.25) is 0 Å². The summed E-state index contributed by atoms with van der Waals surface area (Å²) in [6.07, 6.45) is 4.55. The number of para-hydroxylation sites is 8. The Bertz CT molecular complexity index is 2680. The summed E-state index contributed by atoms with van der Waals surface area (Å²) in [4.78, 5) is 10.3. The van der Waals surface area contributed by atoms with Crippen LogP contribution in [-0.4, -0.2) is 40.6 Å². The molecule has 0 aliphatic carbocycles. The largest absolute Gasteiger partial charge is 0.483 e. The molecule has 0 saturated heterocycles. The molecule has 65 heavy (non-hydrogen) atoms. The number of hydrogen-bond donors (Lipinski definition) is 0. The molecule has 0 saturated carbocycles. The van der Waals surface area contributed by atoms with E-state index in [1.807, 2.05) is 0 Å². The van der Waals surface area contributed by atoms with E-state index in [1.54, 1.807) is 0 Å². The third-order valence-electron chi connectivity index (χ3n) is 14.3. The van der Waals surface area contributed by atoms with Crippen LogP contribution < -0.4 is 63.1 Å². The molecule has 0 amide bonds. The predicted octanol–water partition coefficient (Wildman–Crippen LogP) is 7.63. The van der Waals surface area contributed by atoms with Crippen LogP contribution in [0.25, 0.3) is 0 Å². The molecule has 8 aromatic carbocycles. The summed E-state index contributed by atoms with van der Waals surface area (Å²) in [6.45, 7) is 5.81. The molecule has 0 bridgehead atoms. The number of hydrogen-bond acceptors (Lipinski definition) is 5. The summed E-state index contributed by atoms with van der Waals surface area (Å²) in [5, 5.41) is 0. The van der Waals surface area contributed by atoms with Crippen LogP contribution in [-0.2, 0) is 4.57 Å². The van der Waals surface area contributed by atoms with Crippen LogP contribution in [0.1, 0.15) is 39.5 Å². The van der Waals surface area contributed by atoms with Crippen molar-refractivity contribution in [3.8, 4) is 0 Å². The molecular weight excluding hydrogens is 788 g/mol. The molecular formula is C56H50B4N4O. The number of unbranched alkanes of at least 4 members (excludes halogenated alkanes) is 2. The van der Waals surface area contributed by atoms with E-state index in [4.69, 9.17) is 4.57 Å². The first-order chi connectivity index (χ1) is 32.2. The molecule has 5 nitrogen and oxygen atoms in total. The second-order valence-electron chi connectivity index (χ2n) is 17.9. The zero-order chi connectivity index (χ0) is 43.4. The Kier molecular flexibility index (Phi) is 10.2. The van der Waals surface area contributed by atoms with Crippen molar-refractivity contribution >= 4 is 117 Å². The number of rotatable bonds is 10. The highest BCUT2D eigenvalue weighted by molar-refractivity contribution is 6.99. The molecule has 0 unspecified atom stereocenters. The van der Waals surface area contributed by atoms with Gasteiger partial charge < -0.3 is 24.0 Å². The molecule has 0 N–H and O–H groups in total. The van der Waals surface area contributed by atoms with E-state index in [0.29, 0.717) is 0 Å². The summed E-state index contributed by atoms with van der Waals surface area (Å²) in [6, 6.07) is 72.2. The van der Waals surface area contributed by atoms with Crippen molar-refractivity contribution in [2.24, 2.45) is 0 Å². The number of fused-ring (bicyclic) bond motifs is 8. The van der Waals surface area contributed by atoms with Crippen LogP contribution in [0, 0.1) is 0 Å². The second kappa shape index (κ2) is 16.6. The Balaban J connectivity index is 0.990. The van der Waals surface area contributed by atoms with Gasteiger partial charge in [-0.15, -0.1) is 0 Å². The zero-order valence-electron chi connectivity index (χ0n) is 37.2. The van der Waals surface area contributed by atoms with Gasteiger partial charge in [0.1, 0.15) is 0 Å². The van der Waals surface area contributed by atoms with Gasteiger partial charge in [-0.05, 0) is 105 Å². The summed E-state index contributed by atoms with van der Waals surface area (Å²) in [5.41, 5.74) is 19.8. The lowest BCUT2D eigenvalue weighted by molar-refractivity contribution is 0.632. The van der Waals surface area contributed by atoms with E-state index in [0.717, 1.165) is 38.8 Å². The average Bonchev–Trinajstić information content (AvgIpc) is 3.37. The molecule has 0 aromatic heterocycles. The molecule has 0 radical (unpaired) electrons. The summed E-state index contributed by atoms with van der Waals surface area (Å²) in [7, 11) is 0. The SMILES string of the molecule is CCCCN1c2ccccc2B(N2c3ccccc3B(OB3c4ccccc4N(B4c5ccccc5N(CCCC)c5ccccc54)c4ccccc43)c3ccccc32)c2ccccc21. The number of benzene rings is 8. The van der Waals surface area contributed by atoms with Crippen molar-refractivity contribution in [1.82, 2.24) is 0 Å². The number of anilines is 8. The fourth-order valence-electron chi connectivity index (χ4n) is 11.4. The maximum absolute atomic E-state index is 7.84. The molecule has 4 aliphatic heterocycles. The summed E-state index contributed by atoms with van der Waals surface area (Å²) < 4.78 is 7.84. The molecule has 0 fully saturated rings. The van der Waals surface area contributed by atoms with Gasteiger partial charge in [0.25, 0.3) is 0 Å². The third-order valence-corrected chi connectivity index (χ3v) is 14.3. The van der Waals surface area contributed by atoms with Crippen molar-refractivity contribution in [3.63, 3.8) is 0 Å². The maximum Gasteiger partial charge on any atom is 0.351 e. The van der Waals surface area contributed by atoms with Gasteiger partial charge in [0.05, 0.1) is 0 Å². The topological polar surface area (TPSA) is 22.2 Å². The van der Waals surface area contributed by atoms with Crippen LogP contribution in [0.5, 0.6) is 0 Å².